The van der Waals surface area contributed by atoms with Gasteiger partial charge in [0.05, 0.1) is 15.5 Å². The molecule has 1 rings (SSSR count). The highest BCUT2D eigenvalue weighted by molar-refractivity contribution is 9.10. The Bertz CT molecular complexity index is 620. The summed E-state index contributed by atoms with van der Waals surface area (Å²) >= 11 is 9.05. The number of amides is 1. The third-order valence-corrected chi connectivity index (χ3v) is 5.44. The van der Waals surface area contributed by atoms with Gasteiger partial charge in [-0.1, -0.05) is 37.8 Å². The molecule has 0 aromatic heterocycles. The topological polar surface area (TPSA) is 63.2 Å². The number of carbonyl (C=O) groups excluding carboxylic acids is 1. The summed E-state index contributed by atoms with van der Waals surface area (Å²) in [5.41, 5.74) is 0.0922. The molecule has 0 unspecified atom stereocenters. The number of hydrogen-bond donors (Lipinski definition) is 1. The number of nitrogens with one attached hydrogen (secondary N) is 1. The summed E-state index contributed by atoms with van der Waals surface area (Å²) in [5, 5.41) is 2.88. The number of rotatable bonds is 7. The van der Waals surface area contributed by atoms with Crippen LogP contribution in [-0.4, -0.2) is 20.9 Å². The molecule has 0 aliphatic carbocycles. The standard InChI is InChI=1S/C13H16BrCl2NO3S/c1-2-3-4-5-6-17-13(18)9-7-12(21(16,19)20)10(14)8-11(9)15/h7-8H,2-6H2,1H3,(H,17,18). The lowest BCUT2D eigenvalue weighted by atomic mass is 10.2. The minimum absolute atomic E-state index is 0.0922. The van der Waals surface area contributed by atoms with Gasteiger partial charge in [-0.05, 0) is 34.5 Å². The van der Waals surface area contributed by atoms with E-state index in [1.807, 2.05) is 0 Å². The largest absolute Gasteiger partial charge is 0.352 e. The molecule has 1 amide bonds. The monoisotopic (exact) mass is 415 g/mol. The van der Waals surface area contributed by atoms with Gasteiger partial charge < -0.3 is 5.32 Å². The van der Waals surface area contributed by atoms with Gasteiger partial charge in [-0.15, -0.1) is 0 Å². The number of halogens is 3. The van der Waals surface area contributed by atoms with Crippen molar-refractivity contribution >= 4 is 53.2 Å². The first kappa shape index (κ1) is 18.7. The maximum absolute atomic E-state index is 12.0. The molecule has 0 saturated carbocycles. The average molecular weight is 417 g/mol. The van der Waals surface area contributed by atoms with E-state index in [0.29, 0.717) is 6.54 Å². The lowest BCUT2D eigenvalue weighted by molar-refractivity contribution is 0.0953. The third kappa shape index (κ3) is 5.77. The summed E-state index contributed by atoms with van der Waals surface area (Å²) in [6.07, 6.45) is 4.13. The van der Waals surface area contributed by atoms with Gasteiger partial charge in [0.2, 0.25) is 0 Å². The highest BCUT2D eigenvalue weighted by Crippen LogP contribution is 2.30. The number of benzene rings is 1. The molecule has 21 heavy (non-hydrogen) atoms. The van der Waals surface area contributed by atoms with Crippen LogP contribution in [0.3, 0.4) is 0 Å². The van der Waals surface area contributed by atoms with E-state index in [-0.39, 0.29) is 20.0 Å². The summed E-state index contributed by atoms with van der Waals surface area (Å²) in [7, 11) is 1.37. The summed E-state index contributed by atoms with van der Waals surface area (Å²) in [5.74, 6) is -0.412. The third-order valence-electron chi connectivity index (χ3n) is 2.84. The molecule has 1 N–H and O–H groups in total. The first-order chi connectivity index (χ1) is 9.77. The Balaban J connectivity index is 2.85. The molecule has 4 nitrogen and oxygen atoms in total. The Morgan fingerprint density at radius 3 is 2.52 bits per heavy atom. The zero-order valence-electron chi connectivity index (χ0n) is 11.5. The van der Waals surface area contributed by atoms with Crippen LogP contribution in [0.4, 0.5) is 0 Å². The van der Waals surface area contributed by atoms with E-state index >= 15 is 0 Å². The SMILES string of the molecule is CCCCCCNC(=O)c1cc(S(=O)(=O)Cl)c(Br)cc1Cl. The van der Waals surface area contributed by atoms with Gasteiger partial charge in [0.15, 0.2) is 0 Å². The van der Waals surface area contributed by atoms with E-state index in [0.717, 1.165) is 25.7 Å². The van der Waals surface area contributed by atoms with Crippen molar-refractivity contribution in [2.24, 2.45) is 0 Å². The number of hydrogen-bond acceptors (Lipinski definition) is 3. The van der Waals surface area contributed by atoms with Crippen molar-refractivity contribution in [3.8, 4) is 0 Å². The minimum atomic E-state index is -3.95. The smallest absolute Gasteiger partial charge is 0.262 e. The predicted molar refractivity (Wildman–Crippen MR) is 88.7 cm³/mol. The summed E-state index contributed by atoms with van der Waals surface area (Å²) < 4.78 is 23.1. The molecule has 0 heterocycles. The van der Waals surface area contributed by atoms with Crippen molar-refractivity contribution in [3.05, 3.63) is 27.2 Å². The number of carbonyl (C=O) groups is 1. The minimum Gasteiger partial charge on any atom is -0.352 e. The number of unbranched alkanes of at least 4 members (excludes halogenated alkanes) is 3. The Labute approximate surface area is 142 Å². The molecule has 0 aliphatic heterocycles. The molecule has 8 heteroatoms. The fourth-order valence-corrected chi connectivity index (χ4v) is 4.32. The molecule has 0 bridgehead atoms. The Morgan fingerprint density at radius 2 is 1.95 bits per heavy atom. The molecule has 0 spiro atoms. The summed E-state index contributed by atoms with van der Waals surface area (Å²) in [6.45, 7) is 2.63. The van der Waals surface area contributed by atoms with Crippen molar-refractivity contribution in [3.63, 3.8) is 0 Å². The van der Waals surface area contributed by atoms with Crippen LogP contribution in [0, 0.1) is 0 Å². The van der Waals surface area contributed by atoms with Crippen molar-refractivity contribution in [1.29, 1.82) is 0 Å². The van der Waals surface area contributed by atoms with Gasteiger partial charge in [-0.2, -0.15) is 0 Å². The zero-order valence-corrected chi connectivity index (χ0v) is 15.4. The van der Waals surface area contributed by atoms with Gasteiger partial charge in [0.25, 0.3) is 15.0 Å². The first-order valence-electron chi connectivity index (χ1n) is 6.49. The second kappa shape index (κ2) is 8.36. The second-order valence-electron chi connectivity index (χ2n) is 4.52. The Kier molecular flexibility index (Phi) is 7.47. The Morgan fingerprint density at radius 1 is 1.29 bits per heavy atom. The van der Waals surface area contributed by atoms with Gasteiger partial charge >= 0.3 is 0 Å². The van der Waals surface area contributed by atoms with Crippen molar-refractivity contribution in [1.82, 2.24) is 5.32 Å². The van der Waals surface area contributed by atoms with Crippen LogP contribution in [0.1, 0.15) is 43.0 Å². The second-order valence-corrected chi connectivity index (χ2v) is 8.31. The van der Waals surface area contributed by atoms with Crippen molar-refractivity contribution in [2.45, 2.75) is 37.5 Å². The van der Waals surface area contributed by atoms with E-state index in [2.05, 4.69) is 28.2 Å². The summed E-state index contributed by atoms with van der Waals surface area (Å²) in [6, 6.07) is 2.53. The molecule has 0 aliphatic rings. The predicted octanol–water partition coefficient (Wildman–Crippen LogP) is 4.34. The molecule has 1 aromatic carbocycles. The molecular weight excluding hydrogens is 401 g/mol. The van der Waals surface area contributed by atoms with Crippen LogP contribution >= 0.6 is 38.2 Å². The van der Waals surface area contributed by atoms with Crippen LogP contribution in [0.15, 0.2) is 21.5 Å². The highest BCUT2D eigenvalue weighted by atomic mass is 79.9. The maximum atomic E-state index is 12.0. The van der Waals surface area contributed by atoms with Crippen LogP contribution in [0.25, 0.3) is 0 Å². The van der Waals surface area contributed by atoms with Crippen molar-refractivity contribution in [2.75, 3.05) is 6.54 Å². The average Bonchev–Trinajstić information content (AvgIpc) is 2.36. The van der Waals surface area contributed by atoms with Crippen LogP contribution in [0.2, 0.25) is 5.02 Å². The van der Waals surface area contributed by atoms with E-state index in [4.69, 9.17) is 22.3 Å². The molecule has 1 aromatic rings. The molecular formula is C13H16BrCl2NO3S. The van der Waals surface area contributed by atoms with Gasteiger partial charge in [0, 0.05) is 21.7 Å². The van der Waals surface area contributed by atoms with Gasteiger partial charge in [0.1, 0.15) is 0 Å². The Hall–Kier alpha value is -0.300. The molecule has 0 atom stereocenters. The van der Waals surface area contributed by atoms with E-state index in [9.17, 15) is 13.2 Å². The fourth-order valence-electron chi connectivity index (χ4n) is 1.74. The maximum Gasteiger partial charge on any atom is 0.262 e. The quantitative estimate of drug-likeness (QED) is 0.531. The molecule has 0 radical (unpaired) electrons. The van der Waals surface area contributed by atoms with E-state index in [1.54, 1.807) is 0 Å². The zero-order chi connectivity index (χ0) is 16.0. The normalized spacial score (nSPS) is 11.4. The van der Waals surface area contributed by atoms with E-state index in [1.165, 1.54) is 12.1 Å². The van der Waals surface area contributed by atoms with Gasteiger partial charge in [-0.25, -0.2) is 8.42 Å². The first-order valence-corrected chi connectivity index (χ1v) is 9.97. The molecule has 118 valence electrons. The van der Waals surface area contributed by atoms with Crippen LogP contribution in [-0.2, 0) is 9.05 Å². The van der Waals surface area contributed by atoms with Crippen molar-refractivity contribution < 1.29 is 13.2 Å². The summed E-state index contributed by atoms with van der Waals surface area (Å²) in [4.78, 5) is 11.9. The highest BCUT2D eigenvalue weighted by Gasteiger charge is 2.20. The fraction of sp³-hybridized carbons (Fsp3) is 0.462. The molecule has 0 saturated heterocycles. The molecule has 0 fully saturated rings. The van der Waals surface area contributed by atoms with Crippen LogP contribution < -0.4 is 5.32 Å². The lowest BCUT2D eigenvalue weighted by Crippen LogP contribution is -2.25. The van der Waals surface area contributed by atoms with E-state index < -0.39 is 15.0 Å². The van der Waals surface area contributed by atoms with Gasteiger partial charge in [-0.3, -0.25) is 4.79 Å². The van der Waals surface area contributed by atoms with Crippen LogP contribution in [0.5, 0.6) is 0 Å². The lowest BCUT2D eigenvalue weighted by Gasteiger charge is -2.09.